The highest BCUT2D eigenvalue weighted by molar-refractivity contribution is 5.72. The molecule has 9 heteroatoms. The Morgan fingerprint density at radius 1 is 1.10 bits per heavy atom. The molecular weight excluding hydrogens is 400 g/mol. The molecule has 1 fully saturated rings. The fourth-order valence-corrected chi connectivity index (χ4v) is 3.93. The van der Waals surface area contributed by atoms with E-state index < -0.39 is 0 Å². The zero-order valence-corrected chi connectivity index (χ0v) is 17.7. The van der Waals surface area contributed by atoms with Gasteiger partial charge >= 0.3 is 0 Å². The normalized spacial score (nSPS) is 16.2. The Bertz CT molecular complexity index is 1100. The summed E-state index contributed by atoms with van der Waals surface area (Å²) in [5.41, 5.74) is 1.85. The van der Waals surface area contributed by atoms with Crippen LogP contribution in [0.2, 0.25) is 0 Å². The predicted molar refractivity (Wildman–Crippen MR) is 116 cm³/mol. The summed E-state index contributed by atoms with van der Waals surface area (Å²) in [5.74, 6) is 1.70. The van der Waals surface area contributed by atoms with Gasteiger partial charge in [0.05, 0.1) is 19.1 Å². The number of nitro benzene ring substituents is 1. The van der Waals surface area contributed by atoms with Crippen LogP contribution in [0.25, 0.3) is 22.8 Å². The number of ether oxygens (including phenoxy) is 2. The molecule has 1 atom stereocenters. The van der Waals surface area contributed by atoms with Crippen molar-refractivity contribution in [1.29, 1.82) is 0 Å². The summed E-state index contributed by atoms with van der Waals surface area (Å²) < 4.78 is 16.0. The molecule has 0 saturated carbocycles. The second-order valence-corrected chi connectivity index (χ2v) is 7.49. The zero-order chi connectivity index (χ0) is 22.0. The van der Waals surface area contributed by atoms with Gasteiger partial charge in [-0.2, -0.15) is 4.98 Å². The lowest BCUT2D eigenvalue weighted by Crippen LogP contribution is -2.37. The van der Waals surface area contributed by atoms with E-state index in [0.717, 1.165) is 25.8 Å². The number of anilines is 1. The van der Waals surface area contributed by atoms with Crippen LogP contribution in [0.5, 0.6) is 11.5 Å². The molecule has 1 saturated heterocycles. The van der Waals surface area contributed by atoms with Gasteiger partial charge in [0.1, 0.15) is 5.69 Å². The minimum Gasteiger partial charge on any atom is -0.493 e. The first-order valence-electron chi connectivity index (χ1n) is 10.1. The lowest BCUT2D eigenvalue weighted by Gasteiger charge is -2.35. The second-order valence-electron chi connectivity index (χ2n) is 7.49. The van der Waals surface area contributed by atoms with Crippen LogP contribution < -0.4 is 14.4 Å². The highest BCUT2D eigenvalue weighted by Gasteiger charge is 2.27. The number of hydrogen-bond acceptors (Lipinski definition) is 8. The largest absolute Gasteiger partial charge is 0.493 e. The number of methoxy groups -OCH3 is 2. The summed E-state index contributed by atoms with van der Waals surface area (Å²) >= 11 is 0. The van der Waals surface area contributed by atoms with Crippen LogP contribution in [-0.4, -0.2) is 41.9 Å². The molecule has 0 unspecified atom stereocenters. The van der Waals surface area contributed by atoms with E-state index in [1.54, 1.807) is 44.6 Å². The van der Waals surface area contributed by atoms with Crippen LogP contribution in [0.4, 0.5) is 11.4 Å². The topological polar surface area (TPSA) is 104 Å². The summed E-state index contributed by atoms with van der Waals surface area (Å²) in [7, 11) is 3.11. The van der Waals surface area contributed by atoms with Gasteiger partial charge in [-0.15, -0.1) is 0 Å². The highest BCUT2D eigenvalue weighted by atomic mass is 16.6. The number of aromatic nitrogens is 2. The molecule has 0 bridgehead atoms. The molecule has 1 aromatic heterocycles. The molecule has 0 aliphatic carbocycles. The molecule has 0 radical (unpaired) electrons. The van der Waals surface area contributed by atoms with Crippen LogP contribution in [0.1, 0.15) is 26.2 Å². The summed E-state index contributed by atoms with van der Waals surface area (Å²) in [5, 5.41) is 15.8. The molecule has 0 amide bonds. The van der Waals surface area contributed by atoms with Gasteiger partial charge in [0.25, 0.3) is 11.6 Å². The Hall–Kier alpha value is -3.62. The van der Waals surface area contributed by atoms with Gasteiger partial charge in [-0.25, -0.2) is 0 Å². The van der Waals surface area contributed by atoms with Crippen molar-refractivity contribution in [3.05, 3.63) is 46.5 Å². The summed E-state index contributed by atoms with van der Waals surface area (Å²) in [6.45, 7) is 2.91. The van der Waals surface area contributed by atoms with E-state index in [0.29, 0.717) is 34.1 Å². The molecule has 4 rings (SSSR count). The maximum atomic E-state index is 11.8. The molecule has 1 aliphatic rings. The SMILES string of the molecule is COc1ccc(-c2noc(-c3ccc(N4CCCC[C@@H]4C)c([N+](=O)[O-])c3)n2)cc1OC. The van der Waals surface area contributed by atoms with E-state index in [1.165, 1.54) is 6.07 Å². The van der Waals surface area contributed by atoms with Crippen molar-refractivity contribution in [2.75, 3.05) is 25.7 Å². The lowest BCUT2D eigenvalue weighted by atomic mass is 10.0. The average Bonchev–Trinajstić information content (AvgIpc) is 3.29. The van der Waals surface area contributed by atoms with E-state index in [2.05, 4.69) is 22.0 Å². The van der Waals surface area contributed by atoms with Gasteiger partial charge in [0.2, 0.25) is 5.82 Å². The standard InChI is InChI=1S/C22H24N4O5/c1-14-6-4-5-11-25(14)17-9-7-16(12-18(17)26(27)28)22-23-21(24-31-22)15-8-10-19(29-2)20(13-15)30-3/h7-10,12-14H,4-6,11H2,1-3H3/t14-/m0/s1. The van der Waals surface area contributed by atoms with Gasteiger partial charge < -0.3 is 18.9 Å². The smallest absolute Gasteiger partial charge is 0.293 e. The van der Waals surface area contributed by atoms with Crippen molar-refractivity contribution < 1.29 is 18.9 Å². The van der Waals surface area contributed by atoms with Crippen molar-refractivity contribution >= 4 is 11.4 Å². The van der Waals surface area contributed by atoms with Crippen LogP contribution in [0.3, 0.4) is 0 Å². The number of nitrogens with zero attached hydrogens (tertiary/aromatic N) is 4. The van der Waals surface area contributed by atoms with E-state index in [4.69, 9.17) is 14.0 Å². The van der Waals surface area contributed by atoms with Crippen LogP contribution >= 0.6 is 0 Å². The second kappa shape index (κ2) is 8.63. The van der Waals surface area contributed by atoms with Crippen molar-refractivity contribution in [2.45, 2.75) is 32.2 Å². The first kappa shape index (κ1) is 20.6. The molecule has 0 spiro atoms. The maximum Gasteiger partial charge on any atom is 0.293 e. The zero-order valence-electron chi connectivity index (χ0n) is 17.7. The van der Waals surface area contributed by atoms with Crippen molar-refractivity contribution in [2.24, 2.45) is 0 Å². The van der Waals surface area contributed by atoms with Gasteiger partial charge in [-0.05, 0) is 56.5 Å². The Labute approximate surface area is 179 Å². The fraction of sp³-hybridized carbons (Fsp3) is 0.364. The van der Waals surface area contributed by atoms with Crippen molar-refractivity contribution in [3.8, 4) is 34.3 Å². The van der Waals surface area contributed by atoms with Gasteiger partial charge in [0, 0.05) is 29.8 Å². The minimum absolute atomic E-state index is 0.0390. The number of nitro groups is 1. The molecule has 2 heterocycles. The molecular formula is C22H24N4O5. The molecule has 2 aromatic carbocycles. The third kappa shape index (κ3) is 4.03. The Kier molecular flexibility index (Phi) is 5.75. The number of rotatable bonds is 6. The monoisotopic (exact) mass is 424 g/mol. The Morgan fingerprint density at radius 2 is 1.87 bits per heavy atom. The fourth-order valence-electron chi connectivity index (χ4n) is 3.93. The average molecular weight is 424 g/mol. The Balaban J connectivity index is 1.67. The highest BCUT2D eigenvalue weighted by Crippen LogP contribution is 2.37. The van der Waals surface area contributed by atoms with E-state index in [9.17, 15) is 10.1 Å². The van der Waals surface area contributed by atoms with Crippen LogP contribution in [0.15, 0.2) is 40.9 Å². The number of benzene rings is 2. The van der Waals surface area contributed by atoms with Crippen molar-refractivity contribution in [1.82, 2.24) is 10.1 Å². The first-order valence-corrected chi connectivity index (χ1v) is 10.1. The minimum atomic E-state index is -0.355. The van der Waals surface area contributed by atoms with Gasteiger partial charge in [-0.1, -0.05) is 5.16 Å². The van der Waals surface area contributed by atoms with E-state index in [-0.39, 0.29) is 22.5 Å². The number of piperidine rings is 1. The lowest BCUT2D eigenvalue weighted by molar-refractivity contribution is -0.384. The van der Waals surface area contributed by atoms with E-state index in [1.807, 2.05) is 0 Å². The molecule has 9 nitrogen and oxygen atoms in total. The summed E-state index contributed by atoms with van der Waals surface area (Å²) in [6.07, 6.45) is 3.20. The number of hydrogen-bond donors (Lipinski definition) is 0. The third-order valence-electron chi connectivity index (χ3n) is 5.60. The van der Waals surface area contributed by atoms with Gasteiger partial charge in [-0.3, -0.25) is 10.1 Å². The van der Waals surface area contributed by atoms with Crippen molar-refractivity contribution in [3.63, 3.8) is 0 Å². The summed E-state index contributed by atoms with van der Waals surface area (Å²) in [4.78, 5) is 18.0. The first-order chi connectivity index (χ1) is 15.0. The molecule has 3 aromatic rings. The van der Waals surface area contributed by atoms with Gasteiger partial charge in [0.15, 0.2) is 11.5 Å². The molecule has 0 N–H and O–H groups in total. The van der Waals surface area contributed by atoms with Crippen LogP contribution in [0, 0.1) is 10.1 Å². The Morgan fingerprint density at radius 3 is 2.58 bits per heavy atom. The predicted octanol–water partition coefficient (Wildman–Crippen LogP) is 4.71. The molecule has 162 valence electrons. The quantitative estimate of drug-likeness (QED) is 0.414. The third-order valence-corrected chi connectivity index (χ3v) is 5.60. The molecule has 1 aliphatic heterocycles. The van der Waals surface area contributed by atoms with E-state index >= 15 is 0 Å². The molecule has 31 heavy (non-hydrogen) atoms. The van der Waals surface area contributed by atoms with Crippen LogP contribution in [-0.2, 0) is 0 Å². The maximum absolute atomic E-state index is 11.8. The summed E-state index contributed by atoms with van der Waals surface area (Å²) in [6, 6.07) is 10.6.